The second kappa shape index (κ2) is 7.38. The Hall–Kier alpha value is -2.82. The van der Waals surface area contributed by atoms with Gasteiger partial charge < -0.3 is 15.1 Å². The molecule has 2 aromatic rings. The Morgan fingerprint density at radius 2 is 1.84 bits per heavy atom. The molecule has 25 heavy (non-hydrogen) atoms. The zero-order valence-corrected chi connectivity index (χ0v) is 14.7. The highest BCUT2D eigenvalue weighted by atomic mass is 16.2. The molecule has 0 aromatic heterocycles. The van der Waals surface area contributed by atoms with Crippen LogP contribution in [0.2, 0.25) is 0 Å². The van der Waals surface area contributed by atoms with Crippen molar-refractivity contribution in [2.45, 2.75) is 19.8 Å². The summed E-state index contributed by atoms with van der Waals surface area (Å²) in [5.41, 5.74) is 3.95. The number of benzene rings is 2. The molecular formula is C20H23N3O2. The molecule has 0 radical (unpaired) electrons. The van der Waals surface area contributed by atoms with E-state index < -0.39 is 0 Å². The number of nitrogens with zero attached hydrogens (tertiary/aromatic N) is 2. The summed E-state index contributed by atoms with van der Waals surface area (Å²) in [6, 6.07) is 15.6. The quantitative estimate of drug-likeness (QED) is 0.933. The molecule has 3 rings (SSSR count). The molecule has 1 N–H and O–H groups in total. The molecule has 5 nitrogen and oxygen atoms in total. The van der Waals surface area contributed by atoms with Gasteiger partial charge in [0.05, 0.1) is 6.54 Å². The lowest BCUT2D eigenvalue weighted by atomic mass is 10.0. The standard InChI is InChI=1S/C20H23N3O2/c1-15(24)22(2)18-11-9-17(10-12-18)21-14-20(25)23-13-5-7-16-6-3-4-8-19(16)23/h3-4,6,8-12,21H,5,7,13-14H2,1-2H3. The second-order valence-electron chi connectivity index (χ2n) is 6.26. The highest BCUT2D eigenvalue weighted by molar-refractivity contribution is 5.97. The van der Waals surface area contributed by atoms with E-state index in [0.717, 1.165) is 36.4 Å². The van der Waals surface area contributed by atoms with Gasteiger partial charge in [0, 0.05) is 37.6 Å². The number of rotatable bonds is 4. The van der Waals surface area contributed by atoms with Gasteiger partial charge in [-0.2, -0.15) is 0 Å². The van der Waals surface area contributed by atoms with Gasteiger partial charge in [-0.1, -0.05) is 18.2 Å². The van der Waals surface area contributed by atoms with E-state index in [9.17, 15) is 9.59 Å². The van der Waals surface area contributed by atoms with Crippen molar-refractivity contribution < 1.29 is 9.59 Å². The smallest absolute Gasteiger partial charge is 0.246 e. The van der Waals surface area contributed by atoms with Crippen LogP contribution < -0.4 is 15.1 Å². The average Bonchev–Trinajstić information content (AvgIpc) is 2.65. The molecule has 0 fully saturated rings. The highest BCUT2D eigenvalue weighted by Crippen LogP contribution is 2.26. The van der Waals surface area contributed by atoms with E-state index in [1.54, 1.807) is 11.9 Å². The molecule has 1 aliphatic rings. The summed E-state index contributed by atoms with van der Waals surface area (Å²) in [5.74, 6) is 0.0525. The fourth-order valence-corrected chi connectivity index (χ4v) is 3.05. The minimum atomic E-state index is -0.0142. The lowest BCUT2D eigenvalue weighted by Crippen LogP contribution is -2.39. The van der Waals surface area contributed by atoms with Gasteiger partial charge in [0.25, 0.3) is 0 Å². The molecule has 2 amide bonds. The Balaban J connectivity index is 1.62. The third-order valence-electron chi connectivity index (χ3n) is 4.58. The van der Waals surface area contributed by atoms with Gasteiger partial charge in [0.15, 0.2) is 0 Å². The minimum absolute atomic E-state index is 0.0142. The maximum Gasteiger partial charge on any atom is 0.246 e. The van der Waals surface area contributed by atoms with E-state index in [2.05, 4.69) is 11.4 Å². The lowest BCUT2D eigenvalue weighted by Gasteiger charge is -2.29. The van der Waals surface area contributed by atoms with Gasteiger partial charge in [-0.3, -0.25) is 9.59 Å². The number of nitrogens with one attached hydrogen (secondary N) is 1. The van der Waals surface area contributed by atoms with Crippen LogP contribution in [-0.2, 0) is 16.0 Å². The van der Waals surface area contributed by atoms with Crippen molar-refractivity contribution in [3.8, 4) is 0 Å². The van der Waals surface area contributed by atoms with Crippen molar-refractivity contribution >= 4 is 28.9 Å². The van der Waals surface area contributed by atoms with Crippen molar-refractivity contribution in [1.29, 1.82) is 0 Å². The van der Waals surface area contributed by atoms with E-state index in [1.807, 2.05) is 47.4 Å². The molecule has 0 saturated heterocycles. The summed E-state index contributed by atoms with van der Waals surface area (Å²) in [4.78, 5) is 27.4. The number of amides is 2. The summed E-state index contributed by atoms with van der Waals surface area (Å²) in [6.45, 7) is 2.54. The van der Waals surface area contributed by atoms with Crippen LogP contribution in [0.3, 0.4) is 0 Å². The van der Waals surface area contributed by atoms with E-state index in [4.69, 9.17) is 0 Å². The molecule has 0 aliphatic carbocycles. The highest BCUT2D eigenvalue weighted by Gasteiger charge is 2.21. The minimum Gasteiger partial charge on any atom is -0.376 e. The number of hydrogen-bond acceptors (Lipinski definition) is 3. The van der Waals surface area contributed by atoms with E-state index >= 15 is 0 Å². The largest absolute Gasteiger partial charge is 0.376 e. The second-order valence-corrected chi connectivity index (χ2v) is 6.26. The van der Waals surface area contributed by atoms with E-state index in [1.165, 1.54) is 12.5 Å². The van der Waals surface area contributed by atoms with Crippen LogP contribution in [0.1, 0.15) is 18.9 Å². The Labute approximate surface area is 148 Å². The lowest BCUT2D eigenvalue weighted by molar-refractivity contribution is -0.117. The van der Waals surface area contributed by atoms with Crippen LogP contribution in [0.25, 0.3) is 0 Å². The van der Waals surface area contributed by atoms with Crippen LogP contribution in [0.15, 0.2) is 48.5 Å². The van der Waals surface area contributed by atoms with Gasteiger partial charge in [0.1, 0.15) is 0 Å². The molecule has 0 bridgehead atoms. The average molecular weight is 337 g/mol. The number of para-hydroxylation sites is 1. The summed E-state index contributed by atoms with van der Waals surface area (Å²) >= 11 is 0. The van der Waals surface area contributed by atoms with Crippen LogP contribution in [0, 0.1) is 0 Å². The first kappa shape index (κ1) is 17.0. The first-order valence-electron chi connectivity index (χ1n) is 8.53. The summed E-state index contributed by atoms with van der Waals surface area (Å²) < 4.78 is 0. The van der Waals surface area contributed by atoms with Gasteiger partial charge in [-0.15, -0.1) is 0 Å². The molecule has 1 aliphatic heterocycles. The maximum atomic E-state index is 12.6. The van der Waals surface area contributed by atoms with Crippen molar-refractivity contribution in [3.05, 3.63) is 54.1 Å². The first-order valence-corrected chi connectivity index (χ1v) is 8.53. The predicted octanol–water partition coefficient (Wildman–Crippen LogP) is 3.06. The Bertz CT molecular complexity index is 771. The van der Waals surface area contributed by atoms with Crippen LogP contribution >= 0.6 is 0 Å². The van der Waals surface area contributed by atoms with Gasteiger partial charge in [0.2, 0.25) is 11.8 Å². The Morgan fingerprint density at radius 3 is 2.56 bits per heavy atom. The fraction of sp³-hybridized carbons (Fsp3) is 0.300. The maximum absolute atomic E-state index is 12.6. The molecule has 2 aromatic carbocycles. The number of carbonyl (C=O) groups is 2. The summed E-state index contributed by atoms with van der Waals surface area (Å²) in [6.07, 6.45) is 2.02. The number of aryl methyl sites for hydroxylation is 1. The molecule has 0 spiro atoms. The zero-order chi connectivity index (χ0) is 17.8. The van der Waals surface area contributed by atoms with Gasteiger partial charge in [-0.25, -0.2) is 0 Å². The van der Waals surface area contributed by atoms with Crippen molar-refractivity contribution in [2.24, 2.45) is 0 Å². The number of carbonyl (C=O) groups excluding carboxylic acids is 2. The fourth-order valence-electron chi connectivity index (χ4n) is 3.05. The molecule has 130 valence electrons. The molecule has 0 unspecified atom stereocenters. The topological polar surface area (TPSA) is 52.7 Å². The normalized spacial score (nSPS) is 13.1. The van der Waals surface area contributed by atoms with Crippen molar-refractivity contribution in [2.75, 3.05) is 35.3 Å². The SMILES string of the molecule is CC(=O)N(C)c1ccc(NCC(=O)N2CCCc3ccccc32)cc1. The third kappa shape index (κ3) is 3.82. The van der Waals surface area contributed by atoms with Crippen LogP contribution in [0.4, 0.5) is 17.1 Å². The van der Waals surface area contributed by atoms with Crippen molar-refractivity contribution in [1.82, 2.24) is 0 Å². The third-order valence-corrected chi connectivity index (χ3v) is 4.58. The van der Waals surface area contributed by atoms with E-state index in [0.29, 0.717) is 0 Å². The number of fused-ring (bicyclic) bond motifs is 1. The monoisotopic (exact) mass is 337 g/mol. The van der Waals surface area contributed by atoms with Crippen LogP contribution in [-0.4, -0.2) is 32.0 Å². The molecule has 0 saturated carbocycles. The van der Waals surface area contributed by atoms with Crippen LogP contribution in [0.5, 0.6) is 0 Å². The van der Waals surface area contributed by atoms with E-state index in [-0.39, 0.29) is 18.4 Å². The summed E-state index contributed by atoms with van der Waals surface area (Å²) in [5, 5.41) is 3.17. The number of anilines is 3. The number of hydrogen-bond donors (Lipinski definition) is 1. The van der Waals surface area contributed by atoms with Gasteiger partial charge >= 0.3 is 0 Å². The summed E-state index contributed by atoms with van der Waals surface area (Å²) in [7, 11) is 1.74. The molecule has 0 atom stereocenters. The zero-order valence-electron chi connectivity index (χ0n) is 14.7. The molecule has 5 heteroatoms. The first-order chi connectivity index (χ1) is 12.1. The van der Waals surface area contributed by atoms with Gasteiger partial charge in [-0.05, 0) is 48.7 Å². The molecule has 1 heterocycles. The predicted molar refractivity (Wildman–Crippen MR) is 101 cm³/mol. The Kier molecular flexibility index (Phi) is 5.03. The Morgan fingerprint density at radius 1 is 1.12 bits per heavy atom. The molecular weight excluding hydrogens is 314 g/mol. The van der Waals surface area contributed by atoms with Crippen molar-refractivity contribution in [3.63, 3.8) is 0 Å².